The van der Waals surface area contributed by atoms with Crippen LogP contribution in [-0.2, 0) is 28.6 Å². The van der Waals surface area contributed by atoms with Gasteiger partial charge in [-0.2, -0.15) is 0 Å². The second-order valence-electron chi connectivity index (χ2n) is 8.37. The first-order valence-corrected chi connectivity index (χ1v) is 10.4. The lowest BCUT2D eigenvalue weighted by atomic mass is 9.85. The van der Waals surface area contributed by atoms with E-state index in [-0.39, 0.29) is 12.0 Å². The molecule has 0 radical (unpaired) electrons. The van der Waals surface area contributed by atoms with E-state index in [1.54, 1.807) is 6.08 Å². The minimum Gasteiger partial charge on any atom is -0.458 e. The van der Waals surface area contributed by atoms with Gasteiger partial charge in [0.05, 0.1) is 12.0 Å². The predicted molar refractivity (Wildman–Crippen MR) is 115 cm³/mol. The number of aliphatic hydroxyl groups is 1. The number of ether oxygens (including phenoxy) is 3. The molecule has 0 aromatic heterocycles. The van der Waals surface area contributed by atoms with Crippen molar-refractivity contribution in [1.82, 2.24) is 0 Å². The van der Waals surface area contributed by atoms with Crippen LogP contribution in [0.15, 0.2) is 47.6 Å². The Balaban J connectivity index is 2.43. The van der Waals surface area contributed by atoms with E-state index >= 15 is 0 Å². The SMILES string of the molecule is C=C1C(=O)O[C@H]2/C=C(\C)C[C@H](OC(C)=O)/C=C(\C)CC[C@@H](OC(C)=O)C(=C)C[C@H](O)[C@H]12. The van der Waals surface area contributed by atoms with Crippen molar-refractivity contribution < 1.29 is 33.7 Å². The summed E-state index contributed by atoms with van der Waals surface area (Å²) in [6, 6.07) is 0. The molecule has 1 aliphatic heterocycles. The molecule has 7 heteroatoms. The van der Waals surface area contributed by atoms with Gasteiger partial charge in [-0.15, -0.1) is 0 Å². The van der Waals surface area contributed by atoms with Gasteiger partial charge < -0.3 is 19.3 Å². The number of fused-ring (bicyclic) bond motifs is 1. The van der Waals surface area contributed by atoms with Gasteiger partial charge in [0, 0.05) is 25.8 Å². The topological polar surface area (TPSA) is 99.1 Å². The highest BCUT2D eigenvalue weighted by atomic mass is 16.6. The van der Waals surface area contributed by atoms with Crippen LogP contribution in [0.3, 0.4) is 0 Å². The van der Waals surface area contributed by atoms with Gasteiger partial charge in [-0.3, -0.25) is 9.59 Å². The smallest absolute Gasteiger partial charge is 0.334 e. The Bertz CT molecular complexity index is 820. The van der Waals surface area contributed by atoms with E-state index in [4.69, 9.17) is 14.2 Å². The van der Waals surface area contributed by atoms with Crippen LogP contribution in [0.25, 0.3) is 0 Å². The van der Waals surface area contributed by atoms with Crippen LogP contribution >= 0.6 is 0 Å². The molecule has 5 atom stereocenters. The van der Waals surface area contributed by atoms with E-state index in [2.05, 4.69) is 13.2 Å². The van der Waals surface area contributed by atoms with E-state index in [1.807, 2.05) is 19.9 Å². The van der Waals surface area contributed by atoms with Crippen LogP contribution in [0.5, 0.6) is 0 Å². The summed E-state index contributed by atoms with van der Waals surface area (Å²) in [4.78, 5) is 35.3. The molecular formula is C24H32O7. The van der Waals surface area contributed by atoms with Crippen molar-refractivity contribution in [3.63, 3.8) is 0 Å². The Labute approximate surface area is 183 Å². The van der Waals surface area contributed by atoms with E-state index < -0.39 is 48.2 Å². The summed E-state index contributed by atoms with van der Waals surface area (Å²) in [6.45, 7) is 14.3. The highest BCUT2D eigenvalue weighted by Gasteiger charge is 2.42. The van der Waals surface area contributed by atoms with E-state index in [9.17, 15) is 19.5 Å². The van der Waals surface area contributed by atoms with Crippen molar-refractivity contribution in [2.45, 2.75) is 77.8 Å². The van der Waals surface area contributed by atoms with Gasteiger partial charge in [0.25, 0.3) is 0 Å². The van der Waals surface area contributed by atoms with Crippen LogP contribution in [-0.4, -0.2) is 47.4 Å². The minimum atomic E-state index is -0.984. The van der Waals surface area contributed by atoms with Crippen molar-refractivity contribution in [1.29, 1.82) is 0 Å². The first kappa shape index (κ1) is 24.6. The third-order valence-electron chi connectivity index (χ3n) is 5.47. The first-order valence-electron chi connectivity index (χ1n) is 10.4. The van der Waals surface area contributed by atoms with Gasteiger partial charge >= 0.3 is 17.9 Å². The molecular weight excluding hydrogens is 400 g/mol. The quantitative estimate of drug-likeness (QED) is 0.309. The number of aliphatic hydroxyl groups excluding tert-OH is 1. The summed E-state index contributed by atoms with van der Waals surface area (Å²) in [5.74, 6) is -2.05. The third-order valence-corrected chi connectivity index (χ3v) is 5.47. The fourth-order valence-electron chi connectivity index (χ4n) is 4.04. The van der Waals surface area contributed by atoms with Crippen LogP contribution < -0.4 is 0 Å². The van der Waals surface area contributed by atoms with E-state index in [0.29, 0.717) is 24.8 Å². The maximum Gasteiger partial charge on any atom is 0.334 e. The lowest BCUT2D eigenvalue weighted by Crippen LogP contribution is -2.31. The number of hydrogen-bond acceptors (Lipinski definition) is 7. The van der Waals surface area contributed by atoms with Crippen LogP contribution in [0.1, 0.15) is 53.4 Å². The van der Waals surface area contributed by atoms with Crippen LogP contribution in [0.4, 0.5) is 0 Å². The number of allylic oxidation sites excluding steroid dienone is 1. The Morgan fingerprint density at radius 3 is 2.32 bits per heavy atom. The monoisotopic (exact) mass is 432 g/mol. The summed E-state index contributed by atoms with van der Waals surface area (Å²) < 4.78 is 16.3. The molecule has 31 heavy (non-hydrogen) atoms. The van der Waals surface area contributed by atoms with Gasteiger partial charge in [0.15, 0.2) is 0 Å². The molecule has 0 aromatic carbocycles. The molecule has 0 amide bonds. The standard InChI is InChI=1S/C24H32O7/c1-13-7-8-21(30-18(6)26)15(3)12-20(27)23-16(4)24(28)31-22(23)11-14(2)10-19(9-13)29-17(5)25/h9,11,19-23,27H,3-4,7-8,10,12H2,1-2,5-6H3/b13-9+,14-11+/t19-,20+,21-,22+,23+/m1/s1. The first-order chi connectivity index (χ1) is 14.5. The van der Waals surface area contributed by atoms with Gasteiger partial charge in [-0.25, -0.2) is 4.79 Å². The van der Waals surface area contributed by atoms with Crippen molar-refractivity contribution in [2.75, 3.05) is 0 Å². The Hall–Kier alpha value is -2.67. The van der Waals surface area contributed by atoms with Crippen LogP contribution in [0.2, 0.25) is 0 Å². The van der Waals surface area contributed by atoms with Crippen molar-refractivity contribution in [3.05, 3.63) is 47.6 Å². The maximum absolute atomic E-state index is 12.1. The highest BCUT2D eigenvalue weighted by molar-refractivity contribution is 5.91. The molecule has 0 spiro atoms. The third kappa shape index (κ3) is 6.92. The van der Waals surface area contributed by atoms with Gasteiger partial charge in [-0.1, -0.05) is 24.3 Å². The molecule has 2 rings (SSSR count). The van der Waals surface area contributed by atoms with Gasteiger partial charge in [-0.05, 0) is 50.8 Å². The Kier molecular flexibility index (Phi) is 8.39. The summed E-state index contributed by atoms with van der Waals surface area (Å²) in [5, 5.41) is 10.9. The summed E-state index contributed by atoms with van der Waals surface area (Å²) in [7, 11) is 0. The molecule has 170 valence electrons. The molecule has 1 aliphatic carbocycles. The van der Waals surface area contributed by atoms with Crippen LogP contribution in [0, 0.1) is 5.92 Å². The summed E-state index contributed by atoms with van der Waals surface area (Å²) in [6.07, 6.45) is 2.51. The van der Waals surface area contributed by atoms with E-state index in [0.717, 1.165) is 11.1 Å². The lowest BCUT2D eigenvalue weighted by Gasteiger charge is -2.26. The zero-order chi connectivity index (χ0) is 23.3. The number of carbonyl (C=O) groups is 3. The lowest BCUT2D eigenvalue weighted by molar-refractivity contribution is -0.145. The number of esters is 3. The minimum absolute atomic E-state index is 0.139. The molecule has 7 nitrogen and oxygen atoms in total. The van der Waals surface area contributed by atoms with Crippen molar-refractivity contribution in [2.24, 2.45) is 5.92 Å². The Morgan fingerprint density at radius 2 is 1.71 bits per heavy atom. The average molecular weight is 433 g/mol. The van der Waals surface area contributed by atoms with E-state index in [1.165, 1.54) is 13.8 Å². The van der Waals surface area contributed by atoms with Gasteiger partial charge in [0.1, 0.15) is 18.3 Å². The molecule has 0 bridgehead atoms. The summed E-state index contributed by atoms with van der Waals surface area (Å²) in [5.41, 5.74) is 2.57. The number of rotatable bonds is 2. The molecule has 1 heterocycles. The molecule has 0 aromatic rings. The Morgan fingerprint density at radius 1 is 1.06 bits per heavy atom. The summed E-state index contributed by atoms with van der Waals surface area (Å²) >= 11 is 0. The highest BCUT2D eigenvalue weighted by Crippen LogP contribution is 2.35. The van der Waals surface area contributed by atoms with Crippen molar-refractivity contribution >= 4 is 17.9 Å². The molecule has 2 aliphatic rings. The van der Waals surface area contributed by atoms with Gasteiger partial charge in [0.2, 0.25) is 0 Å². The second kappa shape index (κ2) is 10.6. The maximum atomic E-state index is 12.1. The van der Waals surface area contributed by atoms with Crippen molar-refractivity contribution in [3.8, 4) is 0 Å². The largest absolute Gasteiger partial charge is 0.458 e. The molecule has 0 unspecified atom stereocenters. The fraction of sp³-hybridized carbons (Fsp3) is 0.542. The normalized spacial score (nSPS) is 33.7. The average Bonchev–Trinajstić information content (AvgIpc) is 2.90. The molecule has 1 fully saturated rings. The molecule has 1 saturated heterocycles. The molecule has 1 N–H and O–H groups in total. The fourth-order valence-corrected chi connectivity index (χ4v) is 4.04. The zero-order valence-electron chi connectivity index (χ0n) is 18.7. The predicted octanol–water partition coefficient (Wildman–Crippen LogP) is 3.33. The number of carbonyl (C=O) groups excluding carboxylic acids is 3. The molecule has 0 saturated carbocycles. The zero-order valence-corrected chi connectivity index (χ0v) is 18.7. The second-order valence-corrected chi connectivity index (χ2v) is 8.37. The number of hydrogen-bond donors (Lipinski definition) is 1.